The van der Waals surface area contributed by atoms with E-state index in [9.17, 15) is 0 Å². The molecule has 0 bridgehead atoms. The smallest absolute Gasteiger partial charge is 0.322 e. The average Bonchev–Trinajstić information content (AvgIpc) is 3.44. The fourth-order valence-corrected chi connectivity index (χ4v) is 4.22. The van der Waals surface area contributed by atoms with Crippen LogP contribution in [0.1, 0.15) is 49.6 Å². The first-order valence-electron chi connectivity index (χ1n) is 11.6. The first kappa shape index (κ1) is 21.4. The summed E-state index contributed by atoms with van der Waals surface area (Å²) in [6.07, 6.45) is 7.82. The minimum atomic E-state index is 0.0735. The molecule has 1 unspecified atom stereocenters. The highest BCUT2D eigenvalue weighted by Gasteiger charge is 2.20. The van der Waals surface area contributed by atoms with Gasteiger partial charge in [0.1, 0.15) is 11.9 Å². The van der Waals surface area contributed by atoms with Gasteiger partial charge in [0.2, 0.25) is 5.95 Å². The quantitative estimate of drug-likeness (QED) is 0.449. The lowest BCUT2D eigenvalue weighted by molar-refractivity contribution is 0.153. The summed E-state index contributed by atoms with van der Waals surface area (Å²) < 4.78 is 10.0. The van der Waals surface area contributed by atoms with Crippen LogP contribution in [-0.4, -0.2) is 48.3 Å². The topological polar surface area (TPSA) is 94.2 Å². The largest absolute Gasteiger partial charge is 0.459 e. The van der Waals surface area contributed by atoms with Crippen molar-refractivity contribution in [3.8, 4) is 11.7 Å². The molecule has 1 fully saturated rings. The van der Waals surface area contributed by atoms with Crippen LogP contribution in [0, 0.1) is 6.92 Å². The van der Waals surface area contributed by atoms with E-state index in [1.165, 1.54) is 0 Å². The lowest BCUT2D eigenvalue weighted by atomic mass is 10.1. The van der Waals surface area contributed by atoms with Gasteiger partial charge in [0, 0.05) is 31.0 Å². The van der Waals surface area contributed by atoms with Crippen LogP contribution in [-0.2, 0) is 6.54 Å². The second-order valence-corrected chi connectivity index (χ2v) is 8.73. The van der Waals surface area contributed by atoms with Gasteiger partial charge in [-0.15, -0.1) is 0 Å². The van der Waals surface area contributed by atoms with Gasteiger partial charge in [0.25, 0.3) is 0 Å². The van der Waals surface area contributed by atoms with Crippen molar-refractivity contribution < 1.29 is 4.74 Å². The third kappa shape index (κ3) is 4.41. The molecule has 172 valence electrons. The van der Waals surface area contributed by atoms with Crippen molar-refractivity contribution in [2.24, 2.45) is 0 Å². The Hall–Kier alpha value is -3.46. The monoisotopic (exact) mass is 446 g/mol. The maximum atomic E-state index is 6.18. The first-order valence-corrected chi connectivity index (χ1v) is 11.6. The highest BCUT2D eigenvalue weighted by atomic mass is 16.5. The molecular formula is C24H30N8O. The minimum absolute atomic E-state index is 0.0735. The number of ether oxygens (including phenoxy) is 1. The molecular weight excluding hydrogens is 416 g/mol. The number of aromatic nitrogens is 6. The Bertz CT molecular complexity index is 1240. The molecule has 0 amide bonds. The molecule has 0 saturated carbocycles. The molecule has 2 N–H and O–H groups in total. The average molecular weight is 447 g/mol. The Balaban J connectivity index is 1.47. The fourth-order valence-electron chi connectivity index (χ4n) is 4.22. The number of piperidine rings is 1. The molecule has 4 heterocycles. The van der Waals surface area contributed by atoms with Gasteiger partial charge in [-0.1, -0.05) is 32.0 Å². The molecule has 1 aliphatic rings. The van der Waals surface area contributed by atoms with Crippen LogP contribution in [0.4, 0.5) is 5.95 Å². The molecule has 1 aromatic carbocycles. The second kappa shape index (κ2) is 9.19. The molecule has 0 radical (unpaired) electrons. The van der Waals surface area contributed by atoms with Crippen molar-refractivity contribution in [3.05, 3.63) is 59.8 Å². The van der Waals surface area contributed by atoms with E-state index in [2.05, 4.69) is 51.3 Å². The Labute approximate surface area is 193 Å². The summed E-state index contributed by atoms with van der Waals surface area (Å²) in [4.78, 5) is 13.8. The lowest BCUT2D eigenvalue weighted by Crippen LogP contribution is -2.37. The zero-order valence-electron chi connectivity index (χ0n) is 19.3. The molecule has 5 rings (SSSR count). The van der Waals surface area contributed by atoms with E-state index in [-0.39, 0.29) is 6.10 Å². The Morgan fingerprint density at radius 2 is 2.12 bits per heavy atom. The second-order valence-electron chi connectivity index (χ2n) is 8.73. The van der Waals surface area contributed by atoms with Crippen molar-refractivity contribution in [1.82, 2.24) is 34.4 Å². The number of fused-ring (bicyclic) bond motifs is 1. The third-order valence-electron chi connectivity index (χ3n) is 6.03. The molecule has 1 saturated heterocycles. The normalized spacial score (nSPS) is 16.4. The molecule has 3 aromatic heterocycles. The van der Waals surface area contributed by atoms with Crippen LogP contribution in [0.15, 0.2) is 42.9 Å². The first-order chi connectivity index (χ1) is 16.1. The van der Waals surface area contributed by atoms with Crippen LogP contribution in [0.3, 0.4) is 0 Å². The third-order valence-corrected chi connectivity index (χ3v) is 6.03. The van der Waals surface area contributed by atoms with E-state index in [1.807, 2.05) is 37.6 Å². The SMILES string of the molecule is Cc1nccn1-c1ccccc1CNc1nc(OC2CCCNC2)nc2c(C(C)C)cnn12. The maximum absolute atomic E-state index is 6.18. The summed E-state index contributed by atoms with van der Waals surface area (Å²) in [5.41, 5.74) is 4.06. The molecule has 0 aliphatic carbocycles. The van der Waals surface area contributed by atoms with Gasteiger partial charge in [-0.05, 0) is 43.9 Å². The van der Waals surface area contributed by atoms with E-state index in [1.54, 1.807) is 4.52 Å². The molecule has 33 heavy (non-hydrogen) atoms. The van der Waals surface area contributed by atoms with Crippen molar-refractivity contribution >= 4 is 11.6 Å². The van der Waals surface area contributed by atoms with E-state index < -0.39 is 0 Å². The summed E-state index contributed by atoms with van der Waals surface area (Å²) in [5.74, 6) is 1.85. The van der Waals surface area contributed by atoms with Gasteiger partial charge in [-0.3, -0.25) is 0 Å². The zero-order valence-corrected chi connectivity index (χ0v) is 19.3. The number of para-hydroxylation sites is 1. The van der Waals surface area contributed by atoms with Gasteiger partial charge >= 0.3 is 6.01 Å². The summed E-state index contributed by atoms with van der Waals surface area (Å²) in [6, 6.07) is 8.66. The summed E-state index contributed by atoms with van der Waals surface area (Å²) >= 11 is 0. The van der Waals surface area contributed by atoms with Crippen molar-refractivity contribution in [2.75, 3.05) is 18.4 Å². The van der Waals surface area contributed by atoms with Crippen LogP contribution in [0.5, 0.6) is 6.01 Å². The predicted octanol–water partition coefficient (Wildman–Crippen LogP) is 3.48. The van der Waals surface area contributed by atoms with Crippen molar-refractivity contribution in [2.45, 2.75) is 52.2 Å². The molecule has 1 aliphatic heterocycles. The van der Waals surface area contributed by atoms with Crippen LogP contribution < -0.4 is 15.4 Å². The highest BCUT2D eigenvalue weighted by Crippen LogP contribution is 2.24. The summed E-state index contributed by atoms with van der Waals surface area (Å²) in [6.45, 7) is 8.69. The van der Waals surface area contributed by atoms with Crippen LogP contribution in [0.2, 0.25) is 0 Å². The Kier molecular flexibility index (Phi) is 5.95. The number of aryl methyl sites for hydroxylation is 1. The molecule has 4 aromatic rings. The number of hydrogen-bond acceptors (Lipinski definition) is 7. The predicted molar refractivity (Wildman–Crippen MR) is 127 cm³/mol. The number of imidazole rings is 1. The number of rotatable bonds is 7. The Morgan fingerprint density at radius 1 is 1.24 bits per heavy atom. The number of hydrogen-bond donors (Lipinski definition) is 2. The molecule has 0 spiro atoms. The standard InChI is InChI=1S/C24H30N8O/c1-16(2)20-15-28-32-22(20)29-24(33-19-8-6-10-25-14-19)30-23(32)27-13-18-7-4-5-9-21(18)31-12-11-26-17(31)3/h4-5,7,9,11-12,15-16,19,25H,6,8,10,13-14H2,1-3H3,(H,27,29,30). The van der Waals surface area contributed by atoms with Crippen LogP contribution in [0.25, 0.3) is 11.3 Å². The number of nitrogens with zero attached hydrogens (tertiary/aromatic N) is 6. The van der Waals surface area contributed by atoms with Gasteiger partial charge in [0.05, 0.1) is 11.9 Å². The molecule has 9 nitrogen and oxygen atoms in total. The van der Waals surface area contributed by atoms with E-state index in [0.29, 0.717) is 24.4 Å². The molecule has 1 atom stereocenters. The van der Waals surface area contributed by atoms with E-state index >= 15 is 0 Å². The summed E-state index contributed by atoms with van der Waals surface area (Å²) in [7, 11) is 0. The van der Waals surface area contributed by atoms with Gasteiger partial charge < -0.3 is 19.9 Å². The zero-order chi connectivity index (χ0) is 22.8. The van der Waals surface area contributed by atoms with Crippen molar-refractivity contribution in [1.29, 1.82) is 0 Å². The number of nitrogens with one attached hydrogen (secondary N) is 2. The minimum Gasteiger partial charge on any atom is -0.459 e. The van der Waals surface area contributed by atoms with Gasteiger partial charge in [-0.25, -0.2) is 4.98 Å². The number of anilines is 1. The fraction of sp³-hybridized carbons (Fsp3) is 0.417. The lowest BCUT2D eigenvalue weighted by Gasteiger charge is -2.23. The number of benzene rings is 1. The van der Waals surface area contributed by atoms with E-state index in [0.717, 1.165) is 54.2 Å². The summed E-state index contributed by atoms with van der Waals surface area (Å²) in [5, 5.41) is 11.4. The highest BCUT2D eigenvalue weighted by molar-refractivity contribution is 5.53. The molecule has 9 heteroatoms. The van der Waals surface area contributed by atoms with Crippen LogP contribution >= 0.6 is 0 Å². The van der Waals surface area contributed by atoms with Gasteiger partial charge in [0.15, 0.2) is 5.65 Å². The Morgan fingerprint density at radius 3 is 2.88 bits per heavy atom. The van der Waals surface area contributed by atoms with E-state index in [4.69, 9.17) is 14.7 Å². The van der Waals surface area contributed by atoms with Crippen molar-refractivity contribution in [3.63, 3.8) is 0 Å². The van der Waals surface area contributed by atoms with Gasteiger partial charge in [-0.2, -0.15) is 19.6 Å². The maximum Gasteiger partial charge on any atom is 0.322 e.